The van der Waals surface area contributed by atoms with Crippen molar-refractivity contribution in [2.75, 3.05) is 12.5 Å². The molecule has 1 aromatic rings. The molecule has 4 heteroatoms. The van der Waals surface area contributed by atoms with E-state index in [1.54, 1.807) is 0 Å². The summed E-state index contributed by atoms with van der Waals surface area (Å²) in [7, 11) is 0. The molecule has 0 bridgehead atoms. The van der Waals surface area contributed by atoms with Gasteiger partial charge in [0.2, 0.25) is 0 Å². The zero-order chi connectivity index (χ0) is 13.2. The van der Waals surface area contributed by atoms with Crippen LogP contribution in [0.2, 0.25) is 0 Å². The summed E-state index contributed by atoms with van der Waals surface area (Å²) in [5.74, 6) is 0.657. The Morgan fingerprint density at radius 2 is 2.33 bits per heavy atom. The lowest BCUT2D eigenvalue weighted by Gasteiger charge is -2.30. The average molecular weight is 271 g/mol. The lowest BCUT2D eigenvalue weighted by Crippen LogP contribution is -2.34. The van der Waals surface area contributed by atoms with Crippen molar-refractivity contribution in [3.8, 4) is 0 Å². The summed E-state index contributed by atoms with van der Waals surface area (Å²) < 4.78 is 7.83. The second-order valence-corrected chi connectivity index (χ2v) is 5.50. The SMILES string of the molecule is CCc1cc(CC2(CCl)CCOC2C)n(CC)n1. The van der Waals surface area contributed by atoms with Crippen molar-refractivity contribution in [2.24, 2.45) is 5.41 Å². The molecule has 0 radical (unpaired) electrons. The van der Waals surface area contributed by atoms with Gasteiger partial charge < -0.3 is 4.74 Å². The molecule has 0 spiro atoms. The summed E-state index contributed by atoms with van der Waals surface area (Å²) >= 11 is 6.24. The molecule has 0 aromatic carbocycles. The van der Waals surface area contributed by atoms with Crippen LogP contribution in [0.25, 0.3) is 0 Å². The Balaban J connectivity index is 2.24. The van der Waals surface area contributed by atoms with Gasteiger partial charge in [0.15, 0.2) is 0 Å². The third-order valence-electron chi connectivity index (χ3n) is 4.21. The topological polar surface area (TPSA) is 27.1 Å². The molecule has 2 heterocycles. The van der Waals surface area contributed by atoms with Crippen molar-refractivity contribution >= 4 is 11.6 Å². The Kier molecular flexibility index (Phi) is 4.33. The van der Waals surface area contributed by atoms with Gasteiger partial charge in [0.05, 0.1) is 11.8 Å². The number of nitrogens with zero attached hydrogens (tertiary/aromatic N) is 2. The summed E-state index contributed by atoms with van der Waals surface area (Å²) in [6.07, 6.45) is 3.24. The number of aryl methyl sites for hydroxylation is 2. The molecule has 1 aliphatic rings. The fourth-order valence-electron chi connectivity index (χ4n) is 2.74. The molecule has 1 aromatic heterocycles. The number of hydrogen-bond acceptors (Lipinski definition) is 2. The third kappa shape index (κ3) is 2.43. The summed E-state index contributed by atoms with van der Waals surface area (Å²) in [5, 5.41) is 4.61. The number of ether oxygens (including phenoxy) is 1. The Bertz CT molecular complexity index is 404. The third-order valence-corrected chi connectivity index (χ3v) is 4.74. The van der Waals surface area contributed by atoms with Gasteiger partial charge in [0, 0.05) is 30.1 Å². The molecular weight excluding hydrogens is 248 g/mol. The normalized spacial score (nSPS) is 27.9. The van der Waals surface area contributed by atoms with Crippen molar-refractivity contribution in [3.05, 3.63) is 17.5 Å². The fraction of sp³-hybridized carbons (Fsp3) is 0.786. The first-order valence-corrected chi connectivity index (χ1v) is 7.41. The number of halogens is 1. The maximum Gasteiger partial charge on any atom is 0.0624 e. The number of hydrogen-bond donors (Lipinski definition) is 0. The van der Waals surface area contributed by atoms with Crippen LogP contribution in [0.5, 0.6) is 0 Å². The molecule has 0 saturated carbocycles. The van der Waals surface area contributed by atoms with Gasteiger partial charge in [0.25, 0.3) is 0 Å². The van der Waals surface area contributed by atoms with Crippen molar-refractivity contribution in [1.29, 1.82) is 0 Å². The second kappa shape index (κ2) is 5.62. The van der Waals surface area contributed by atoms with Crippen LogP contribution >= 0.6 is 11.6 Å². The van der Waals surface area contributed by atoms with E-state index in [9.17, 15) is 0 Å². The van der Waals surface area contributed by atoms with Crippen LogP contribution in [0.15, 0.2) is 6.07 Å². The first-order chi connectivity index (χ1) is 8.65. The van der Waals surface area contributed by atoms with Crippen LogP contribution in [-0.2, 0) is 24.1 Å². The maximum atomic E-state index is 6.24. The van der Waals surface area contributed by atoms with E-state index in [-0.39, 0.29) is 11.5 Å². The first-order valence-electron chi connectivity index (χ1n) is 6.88. The Morgan fingerprint density at radius 1 is 1.56 bits per heavy atom. The molecule has 0 amide bonds. The number of alkyl halides is 1. The molecule has 2 unspecified atom stereocenters. The fourth-order valence-corrected chi connectivity index (χ4v) is 3.18. The molecule has 2 rings (SSSR count). The monoisotopic (exact) mass is 270 g/mol. The molecular formula is C14H23ClN2O. The zero-order valence-corrected chi connectivity index (χ0v) is 12.3. The Labute approximate surface area is 114 Å². The van der Waals surface area contributed by atoms with Crippen LogP contribution in [0.4, 0.5) is 0 Å². The van der Waals surface area contributed by atoms with E-state index in [0.717, 1.165) is 32.4 Å². The molecule has 0 aliphatic carbocycles. The van der Waals surface area contributed by atoms with Gasteiger partial charge in [-0.15, -0.1) is 11.6 Å². The van der Waals surface area contributed by atoms with E-state index in [0.29, 0.717) is 5.88 Å². The minimum absolute atomic E-state index is 0.0829. The number of rotatable bonds is 5. The van der Waals surface area contributed by atoms with E-state index in [2.05, 4.69) is 36.6 Å². The van der Waals surface area contributed by atoms with E-state index in [4.69, 9.17) is 16.3 Å². The molecule has 1 fully saturated rings. The van der Waals surface area contributed by atoms with Gasteiger partial charge in [-0.25, -0.2) is 0 Å². The van der Waals surface area contributed by atoms with Gasteiger partial charge in [-0.05, 0) is 39.2 Å². The second-order valence-electron chi connectivity index (χ2n) is 5.23. The Hall–Kier alpha value is -0.540. The molecule has 1 saturated heterocycles. The van der Waals surface area contributed by atoms with Crippen LogP contribution in [-0.4, -0.2) is 28.4 Å². The first kappa shape index (κ1) is 13.9. The predicted octanol–water partition coefficient (Wildman–Crippen LogP) is 3.04. The van der Waals surface area contributed by atoms with Gasteiger partial charge in [-0.1, -0.05) is 6.92 Å². The van der Waals surface area contributed by atoms with Crippen LogP contribution < -0.4 is 0 Å². The van der Waals surface area contributed by atoms with Crippen molar-refractivity contribution < 1.29 is 4.74 Å². The smallest absolute Gasteiger partial charge is 0.0624 e. The molecule has 18 heavy (non-hydrogen) atoms. The summed E-state index contributed by atoms with van der Waals surface area (Å²) in [4.78, 5) is 0. The zero-order valence-electron chi connectivity index (χ0n) is 11.6. The molecule has 0 N–H and O–H groups in total. The van der Waals surface area contributed by atoms with Crippen LogP contribution in [0.3, 0.4) is 0 Å². The maximum absolute atomic E-state index is 6.24. The van der Waals surface area contributed by atoms with Crippen molar-refractivity contribution in [2.45, 2.75) is 52.7 Å². The predicted molar refractivity (Wildman–Crippen MR) is 74.2 cm³/mol. The highest BCUT2D eigenvalue weighted by molar-refractivity contribution is 6.18. The van der Waals surface area contributed by atoms with E-state index in [1.807, 2.05) is 0 Å². The summed E-state index contributed by atoms with van der Waals surface area (Å²) in [6, 6.07) is 2.23. The number of aromatic nitrogens is 2. The van der Waals surface area contributed by atoms with Gasteiger partial charge in [-0.2, -0.15) is 5.10 Å². The van der Waals surface area contributed by atoms with E-state index < -0.39 is 0 Å². The quantitative estimate of drug-likeness (QED) is 0.769. The van der Waals surface area contributed by atoms with Crippen molar-refractivity contribution in [3.63, 3.8) is 0 Å². The minimum Gasteiger partial charge on any atom is -0.378 e. The summed E-state index contributed by atoms with van der Waals surface area (Å²) in [5.41, 5.74) is 2.55. The Morgan fingerprint density at radius 3 is 2.83 bits per heavy atom. The van der Waals surface area contributed by atoms with Crippen LogP contribution in [0, 0.1) is 5.41 Å². The molecule has 3 nitrogen and oxygen atoms in total. The standard InChI is InChI=1S/C14H23ClN2O/c1-4-12-8-13(17(5-2)16-12)9-14(10-15)6-7-18-11(14)3/h8,11H,4-7,9-10H2,1-3H3. The highest BCUT2D eigenvalue weighted by Crippen LogP contribution is 2.39. The molecule has 1 aliphatic heterocycles. The largest absolute Gasteiger partial charge is 0.378 e. The van der Waals surface area contributed by atoms with Crippen molar-refractivity contribution in [1.82, 2.24) is 9.78 Å². The highest BCUT2D eigenvalue weighted by Gasteiger charge is 2.41. The molecule has 102 valence electrons. The van der Waals surface area contributed by atoms with Gasteiger partial charge >= 0.3 is 0 Å². The molecule has 2 atom stereocenters. The lowest BCUT2D eigenvalue weighted by molar-refractivity contribution is 0.0726. The van der Waals surface area contributed by atoms with E-state index >= 15 is 0 Å². The van der Waals surface area contributed by atoms with Gasteiger partial charge in [0.1, 0.15) is 0 Å². The highest BCUT2D eigenvalue weighted by atomic mass is 35.5. The van der Waals surface area contributed by atoms with Crippen LogP contribution in [0.1, 0.15) is 38.6 Å². The average Bonchev–Trinajstić information content (AvgIpc) is 2.94. The lowest BCUT2D eigenvalue weighted by atomic mass is 9.79. The van der Waals surface area contributed by atoms with Gasteiger partial charge in [-0.3, -0.25) is 4.68 Å². The van der Waals surface area contributed by atoms with E-state index in [1.165, 1.54) is 11.4 Å². The summed E-state index contributed by atoms with van der Waals surface area (Å²) in [6.45, 7) is 8.17. The minimum atomic E-state index is 0.0829.